The Morgan fingerprint density at radius 1 is 1.11 bits per heavy atom. The first kappa shape index (κ1) is 30.5. The third-order valence-corrected chi connectivity index (χ3v) is 6.02. The van der Waals surface area contributed by atoms with Gasteiger partial charge in [0.25, 0.3) is 0 Å². The molecule has 2 aromatic rings. The number of carboxylic acids is 2. The summed E-state index contributed by atoms with van der Waals surface area (Å²) in [6.07, 6.45) is -2.75. The van der Waals surface area contributed by atoms with Crippen molar-refractivity contribution in [2.45, 2.75) is 37.7 Å². The van der Waals surface area contributed by atoms with Crippen LogP contribution in [0.3, 0.4) is 0 Å². The first-order chi connectivity index (χ1) is 17.6. The molecular weight excluding hydrogens is 528 g/mol. The molecule has 2 aromatic heterocycles. The van der Waals surface area contributed by atoms with Gasteiger partial charge in [0, 0.05) is 63.4 Å². The van der Waals surface area contributed by atoms with Crippen LogP contribution in [0.5, 0.6) is 0 Å². The van der Waals surface area contributed by atoms with Gasteiger partial charge >= 0.3 is 24.3 Å². The highest BCUT2D eigenvalue weighted by Crippen LogP contribution is 2.46. The van der Waals surface area contributed by atoms with Crippen LogP contribution in [0.2, 0.25) is 0 Å². The van der Waals surface area contributed by atoms with Crippen molar-refractivity contribution >= 4 is 17.8 Å². The van der Waals surface area contributed by atoms with Crippen LogP contribution in [-0.4, -0.2) is 79.7 Å². The Bertz CT molecular complexity index is 1080. The molecule has 1 amide bonds. The molecule has 0 unspecified atom stereocenters. The molecule has 4 rings (SSSR count). The van der Waals surface area contributed by atoms with Gasteiger partial charge in [-0.05, 0) is 30.5 Å². The van der Waals surface area contributed by atoms with Crippen LogP contribution in [0.4, 0.5) is 26.3 Å². The highest BCUT2D eigenvalue weighted by atomic mass is 19.4. The van der Waals surface area contributed by atoms with Crippen molar-refractivity contribution in [2.24, 2.45) is 12.5 Å². The Hall–Kier alpha value is -3.69. The molecule has 2 fully saturated rings. The van der Waals surface area contributed by atoms with E-state index in [-0.39, 0.29) is 17.2 Å². The second-order valence-corrected chi connectivity index (χ2v) is 8.52. The summed E-state index contributed by atoms with van der Waals surface area (Å²) in [4.78, 5) is 37.4. The molecule has 3 N–H and O–H groups in total. The van der Waals surface area contributed by atoms with E-state index >= 15 is 0 Å². The maximum atomic E-state index is 13.4. The molecule has 2 saturated heterocycles. The molecule has 0 saturated carbocycles. The summed E-state index contributed by atoms with van der Waals surface area (Å²) in [5.74, 6) is -5.05. The number of carboxylic acid groups (broad SMARTS) is 2. The SMILES string of the molecule is Cn1nccc1[C@H]1CNC[C@@]12CCCN(Cc1cccnc1)C2=O.O=C(O)C(F)(F)F.O=C(O)C(F)(F)F. The van der Waals surface area contributed by atoms with E-state index in [1.807, 2.05) is 47.2 Å². The molecule has 2 atom stereocenters. The van der Waals surface area contributed by atoms with Gasteiger partial charge in [0.15, 0.2) is 0 Å². The summed E-state index contributed by atoms with van der Waals surface area (Å²) in [5, 5.41) is 22.0. The first-order valence-corrected chi connectivity index (χ1v) is 11.1. The van der Waals surface area contributed by atoms with E-state index in [2.05, 4.69) is 15.4 Å². The number of halogens is 6. The van der Waals surface area contributed by atoms with Gasteiger partial charge < -0.3 is 20.4 Å². The number of aryl methyl sites for hydroxylation is 1. The van der Waals surface area contributed by atoms with Gasteiger partial charge in [0.05, 0.1) is 5.41 Å². The minimum atomic E-state index is -5.08. The standard InChI is InChI=1S/C18H23N5O.2C2HF3O2/c1-22-16(5-8-21-22)15-11-20-13-18(15)6-3-9-23(17(18)24)12-14-4-2-7-19-10-14;2*3-2(4,5)1(6)7/h2,4-5,7-8,10,15,20H,3,6,9,11-13H2,1H3;2*(H,6,7)/t15-,18+;;/m1../s1. The molecule has 0 bridgehead atoms. The Labute approximate surface area is 212 Å². The molecule has 38 heavy (non-hydrogen) atoms. The minimum absolute atomic E-state index is 0.189. The molecule has 0 aromatic carbocycles. The van der Waals surface area contributed by atoms with Gasteiger partial charge in [0.2, 0.25) is 5.91 Å². The number of alkyl halides is 6. The molecule has 0 radical (unpaired) electrons. The van der Waals surface area contributed by atoms with Crippen molar-refractivity contribution in [3.05, 3.63) is 48.0 Å². The fourth-order valence-electron chi connectivity index (χ4n) is 4.33. The number of aliphatic carboxylic acids is 2. The average molecular weight is 553 g/mol. The molecule has 2 aliphatic rings. The molecule has 10 nitrogen and oxygen atoms in total. The van der Waals surface area contributed by atoms with E-state index in [0.717, 1.165) is 43.7 Å². The summed E-state index contributed by atoms with van der Waals surface area (Å²) in [6.45, 7) is 3.07. The number of rotatable bonds is 3. The van der Waals surface area contributed by atoms with Crippen LogP contribution in [0.25, 0.3) is 0 Å². The molecule has 210 valence electrons. The van der Waals surface area contributed by atoms with Crippen molar-refractivity contribution in [1.29, 1.82) is 0 Å². The molecule has 16 heteroatoms. The summed E-state index contributed by atoms with van der Waals surface area (Å²) < 4.78 is 65.4. The van der Waals surface area contributed by atoms with E-state index in [9.17, 15) is 31.1 Å². The van der Waals surface area contributed by atoms with Gasteiger partial charge in [-0.1, -0.05) is 6.07 Å². The number of carbonyl (C=O) groups is 3. The Morgan fingerprint density at radius 2 is 1.71 bits per heavy atom. The highest BCUT2D eigenvalue weighted by molar-refractivity contribution is 5.85. The summed E-state index contributed by atoms with van der Waals surface area (Å²) in [7, 11) is 1.96. The van der Waals surface area contributed by atoms with Crippen molar-refractivity contribution < 1.29 is 50.9 Å². The lowest BCUT2D eigenvalue weighted by Gasteiger charge is -2.42. The monoisotopic (exact) mass is 553 g/mol. The van der Waals surface area contributed by atoms with E-state index in [1.165, 1.54) is 0 Å². The van der Waals surface area contributed by atoms with Crippen LogP contribution in [0, 0.1) is 5.41 Å². The molecular formula is C22H25F6N5O5. The maximum Gasteiger partial charge on any atom is 0.490 e. The maximum absolute atomic E-state index is 13.4. The predicted molar refractivity (Wildman–Crippen MR) is 118 cm³/mol. The number of pyridine rings is 1. The summed E-state index contributed by atoms with van der Waals surface area (Å²) in [6, 6.07) is 6.01. The topological polar surface area (TPSA) is 138 Å². The van der Waals surface area contributed by atoms with Gasteiger partial charge in [0.1, 0.15) is 0 Å². The zero-order chi connectivity index (χ0) is 28.7. The smallest absolute Gasteiger partial charge is 0.475 e. The van der Waals surface area contributed by atoms with Crippen molar-refractivity contribution in [1.82, 2.24) is 25.0 Å². The average Bonchev–Trinajstić information content (AvgIpc) is 3.43. The van der Waals surface area contributed by atoms with Crippen LogP contribution in [0.1, 0.15) is 30.0 Å². The van der Waals surface area contributed by atoms with E-state index in [4.69, 9.17) is 19.8 Å². The normalized spacial score (nSPS) is 21.3. The zero-order valence-electron chi connectivity index (χ0n) is 20.0. The number of aromatic nitrogens is 3. The number of nitrogens with one attached hydrogen (secondary N) is 1. The molecule has 4 heterocycles. The number of hydrogen-bond donors (Lipinski definition) is 3. The van der Waals surface area contributed by atoms with Crippen LogP contribution in [0.15, 0.2) is 36.8 Å². The Kier molecular flexibility index (Phi) is 9.83. The fourth-order valence-corrected chi connectivity index (χ4v) is 4.33. The third-order valence-electron chi connectivity index (χ3n) is 6.02. The predicted octanol–water partition coefficient (Wildman–Crippen LogP) is 2.58. The number of likely N-dealkylation sites (tertiary alicyclic amines) is 1. The summed E-state index contributed by atoms with van der Waals surface area (Å²) >= 11 is 0. The van der Waals surface area contributed by atoms with Crippen LogP contribution >= 0.6 is 0 Å². The lowest BCUT2D eigenvalue weighted by atomic mass is 9.70. The lowest BCUT2D eigenvalue weighted by Crippen LogP contribution is -2.51. The van der Waals surface area contributed by atoms with Gasteiger partial charge in [-0.2, -0.15) is 31.4 Å². The summed E-state index contributed by atoms with van der Waals surface area (Å²) in [5.41, 5.74) is 1.90. The number of nitrogens with zero attached hydrogens (tertiary/aromatic N) is 4. The van der Waals surface area contributed by atoms with Gasteiger partial charge in [-0.25, -0.2) is 9.59 Å². The number of carbonyl (C=O) groups excluding carboxylic acids is 1. The lowest BCUT2D eigenvalue weighted by molar-refractivity contribution is -0.193. The molecule has 2 aliphatic heterocycles. The van der Waals surface area contributed by atoms with Crippen LogP contribution < -0.4 is 5.32 Å². The fraction of sp³-hybridized carbons (Fsp3) is 0.500. The van der Waals surface area contributed by atoms with E-state index < -0.39 is 24.3 Å². The minimum Gasteiger partial charge on any atom is -0.475 e. The molecule has 1 spiro atoms. The number of amides is 1. The Balaban J connectivity index is 0.000000301. The van der Waals surface area contributed by atoms with Crippen molar-refractivity contribution in [3.63, 3.8) is 0 Å². The number of hydrogen-bond acceptors (Lipinski definition) is 6. The Morgan fingerprint density at radius 3 is 2.18 bits per heavy atom. The quantitative estimate of drug-likeness (QED) is 0.494. The van der Waals surface area contributed by atoms with Crippen LogP contribution in [-0.2, 0) is 28.0 Å². The second-order valence-electron chi connectivity index (χ2n) is 8.52. The largest absolute Gasteiger partial charge is 0.490 e. The van der Waals surface area contributed by atoms with Gasteiger partial charge in [-0.15, -0.1) is 0 Å². The second kappa shape index (κ2) is 12.2. The molecule has 0 aliphatic carbocycles. The first-order valence-electron chi connectivity index (χ1n) is 11.1. The van der Waals surface area contributed by atoms with Crippen molar-refractivity contribution in [2.75, 3.05) is 19.6 Å². The zero-order valence-corrected chi connectivity index (χ0v) is 20.0. The van der Waals surface area contributed by atoms with E-state index in [1.54, 1.807) is 6.20 Å². The van der Waals surface area contributed by atoms with Gasteiger partial charge in [-0.3, -0.25) is 14.5 Å². The third kappa shape index (κ3) is 7.66. The van der Waals surface area contributed by atoms with E-state index in [0.29, 0.717) is 6.54 Å². The number of piperidine rings is 1. The highest BCUT2D eigenvalue weighted by Gasteiger charge is 2.53. The van der Waals surface area contributed by atoms with Crippen molar-refractivity contribution in [3.8, 4) is 0 Å².